The van der Waals surface area contributed by atoms with Crippen molar-refractivity contribution < 1.29 is 27.6 Å². The predicted octanol–water partition coefficient (Wildman–Crippen LogP) is 3.24. The Kier molecular flexibility index (Phi) is 12.5. The summed E-state index contributed by atoms with van der Waals surface area (Å²) in [5.74, 6) is -2.50. The molecule has 0 aromatic heterocycles. The number of halogens is 3. The second-order valence-corrected chi connectivity index (χ2v) is 9.56. The van der Waals surface area contributed by atoms with E-state index < -0.39 is 29.7 Å². The maximum Gasteiger partial charge on any atom is 0.450 e. The smallest absolute Gasteiger partial charge is 0.368 e. The Balaban J connectivity index is 2.66. The Morgan fingerprint density at radius 2 is 1.74 bits per heavy atom. The van der Waals surface area contributed by atoms with Gasteiger partial charge in [0, 0.05) is 19.5 Å². The minimum atomic E-state index is -4.82. The van der Waals surface area contributed by atoms with E-state index in [2.05, 4.69) is 4.90 Å². The van der Waals surface area contributed by atoms with E-state index in [1.54, 1.807) is 4.90 Å². The maximum atomic E-state index is 12.9. The first-order chi connectivity index (χ1) is 14.5. The lowest BCUT2D eigenvalue weighted by atomic mass is 10.0. The van der Waals surface area contributed by atoms with Crippen LogP contribution in [0, 0.1) is 5.92 Å². The summed E-state index contributed by atoms with van der Waals surface area (Å²) in [6.07, 6.45) is 0.318. The first-order valence-electron chi connectivity index (χ1n) is 11.0. The van der Waals surface area contributed by atoms with Gasteiger partial charge in [-0.1, -0.05) is 20.3 Å². The standard InChI is InChI=1S/C21H36F3N3O3S/c1-16(2)8-9-19(29)27(13-12-26-10-4-3-5-11-26)17(20(25)30)7-6-14-31-15-18(28)21(22,23)24/h16-17H,3-15H2,1-2H3,(H2,25,30)/t17-/m0/s1. The third kappa shape index (κ3) is 11.2. The van der Waals surface area contributed by atoms with E-state index in [1.807, 2.05) is 13.8 Å². The number of carbonyl (C=O) groups excluding carboxylic acids is 3. The van der Waals surface area contributed by atoms with Gasteiger partial charge in [-0.25, -0.2) is 0 Å². The van der Waals surface area contributed by atoms with Crippen LogP contribution in [-0.4, -0.2) is 77.3 Å². The molecule has 180 valence electrons. The quantitative estimate of drug-likeness (QED) is 0.397. The molecule has 0 spiro atoms. The molecule has 1 aliphatic heterocycles. The molecule has 0 aliphatic carbocycles. The molecule has 0 bridgehead atoms. The van der Waals surface area contributed by atoms with E-state index in [9.17, 15) is 27.6 Å². The number of alkyl halides is 3. The molecule has 0 saturated carbocycles. The van der Waals surface area contributed by atoms with Crippen LogP contribution >= 0.6 is 11.8 Å². The molecule has 0 unspecified atom stereocenters. The van der Waals surface area contributed by atoms with Gasteiger partial charge in [0.1, 0.15) is 6.04 Å². The van der Waals surface area contributed by atoms with Crippen molar-refractivity contribution in [1.29, 1.82) is 0 Å². The van der Waals surface area contributed by atoms with Crippen LogP contribution in [0.2, 0.25) is 0 Å². The highest BCUT2D eigenvalue weighted by Crippen LogP contribution is 2.20. The number of amides is 2. The highest BCUT2D eigenvalue weighted by molar-refractivity contribution is 7.99. The Hall–Kier alpha value is -1.29. The monoisotopic (exact) mass is 467 g/mol. The number of nitrogens with zero attached hydrogens (tertiary/aromatic N) is 2. The van der Waals surface area contributed by atoms with Gasteiger partial charge in [-0.3, -0.25) is 14.4 Å². The van der Waals surface area contributed by atoms with Crippen LogP contribution in [0.15, 0.2) is 0 Å². The number of hydrogen-bond acceptors (Lipinski definition) is 5. The fourth-order valence-corrected chi connectivity index (χ4v) is 4.38. The van der Waals surface area contributed by atoms with Crippen molar-refractivity contribution in [3.8, 4) is 0 Å². The Labute approximate surface area is 187 Å². The number of hydrogen-bond donors (Lipinski definition) is 1. The van der Waals surface area contributed by atoms with Gasteiger partial charge in [0.15, 0.2) is 0 Å². The molecular weight excluding hydrogens is 431 g/mol. The van der Waals surface area contributed by atoms with Crippen molar-refractivity contribution in [3.63, 3.8) is 0 Å². The molecule has 0 radical (unpaired) electrons. The number of carbonyl (C=O) groups is 3. The van der Waals surface area contributed by atoms with E-state index in [1.165, 1.54) is 6.42 Å². The lowest BCUT2D eigenvalue weighted by Gasteiger charge is -2.34. The van der Waals surface area contributed by atoms with Gasteiger partial charge in [-0.15, -0.1) is 0 Å². The summed E-state index contributed by atoms with van der Waals surface area (Å²) in [6, 6.07) is -0.789. The Morgan fingerprint density at radius 1 is 1.10 bits per heavy atom. The third-order valence-corrected chi connectivity index (χ3v) is 6.43. The summed E-state index contributed by atoms with van der Waals surface area (Å²) >= 11 is 0.879. The summed E-state index contributed by atoms with van der Waals surface area (Å²) in [6.45, 7) is 7.07. The molecule has 1 rings (SSSR count). The topological polar surface area (TPSA) is 83.7 Å². The van der Waals surface area contributed by atoms with E-state index in [-0.39, 0.29) is 18.1 Å². The number of rotatable bonds is 14. The van der Waals surface area contributed by atoms with Gasteiger partial charge in [0.25, 0.3) is 0 Å². The number of Topliss-reactive ketones (excluding diaryl/α,β-unsaturated/α-hetero) is 1. The molecule has 31 heavy (non-hydrogen) atoms. The van der Waals surface area contributed by atoms with Crippen molar-refractivity contribution in [2.75, 3.05) is 37.7 Å². The van der Waals surface area contributed by atoms with E-state index in [0.717, 1.165) is 37.7 Å². The van der Waals surface area contributed by atoms with Crippen LogP contribution in [0.25, 0.3) is 0 Å². The fraction of sp³-hybridized carbons (Fsp3) is 0.857. The van der Waals surface area contributed by atoms with Gasteiger partial charge in [-0.05, 0) is 56.9 Å². The number of nitrogens with two attached hydrogens (primary N) is 1. The first-order valence-corrected chi connectivity index (χ1v) is 12.2. The molecule has 0 aromatic rings. The highest BCUT2D eigenvalue weighted by atomic mass is 32.2. The molecule has 2 N–H and O–H groups in total. The molecular formula is C21H36F3N3O3S. The molecule has 1 heterocycles. The van der Waals surface area contributed by atoms with Gasteiger partial charge in [0.05, 0.1) is 5.75 Å². The van der Waals surface area contributed by atoms with E-state index in [4.69, 9.17) is 5.73 Å². The molecule has 10 heteroatoms. The van der Waals surface area contributed by atoms with E-state index in [0.29, 0.717) is 38.3 Å². The average molecular weight is 468 g/mol. The number of thioether (sulfide) groups is 1. The maximum absolute atomic E-state index is 12.9. The summed E-state index contributed by atoms with van der Waals surface area (Å²) in [5.41, 5.74) is 5.60. The van der Waals surface area contributed by atoms with Crippen LogP contribution in [0.4, 0.5) is 13.2 Å². The number of ketones is 1. The largest absolute Gasteiger partial charge is 0.450 e. The minimum Gasteiger partial charge on any atom is -0.368 e. The number of primary amides is 1. The van der Waals surface area contributed by atoms with Crippen LogP contribution < -0.4 is 5.73 Å². The second-order valence-electron chi connectivity index (χ2n) is 8.46. The summed E-state index contributed by atoms with van der Waals surface area (Å²) in [5, 5.41) is 0. The summed E-state index contributed by atoms with van der Waals surface area (Å²) in [4.78, 5) is 39.8. The zero-order valence-electron chi connectivity index (χ0n) is 18.6. The summed E-state index contributed by atoms with van der Waals surface area (Å²) < 4.78 is 36.8. The lowest BCUT2D eigenvalue weighted by Crippen LogP contribution is -2.51. The van der Waals surface area contributed by atoms with Crippen molar-refractivity contribution in [3.05, 3.63) is 0 Å². The summed E-state index contributed by atoms with van der Waals surface area (Å²) in [7, 11) is 0. The molecule has 1 aliphatic rings. The predicted molar refractivity (Wildman–Crippen MR) is 117 cm³/mol. The van der Waals surface area contributed by atoms with Gasteiger partial charge >= 0.3 is 6.18 Å². The SMILES string of the molecule is CC(C)CCC(=O)N(CCN1CCCCC1)[C@@H](CCCSCC(=O)C(F)(F)F)C(N)=O. The van der Waals surface area contributed by atoms with Crippen LogP contribution in [0.5, 0.6) is 0 Å². The van der Waals surface area contributed by atoms with Crippen LogP contribution in [-0.2, 0) is 14.4 Å². The van der Waals surface area contributed by atoms with Gasteiger partial charge in [-0.2, -0.15) is 24.9 Å². The van der Waals surface area contributed by atoms with Gasteiger partial charge in [0.2, 0.25) is 17.6 Å². The minimum absolute atomic E-state index is 0.116. The number of likely N-dealkylation sites (tertiary alicyclic amines) is 1. The molecule has 2 amide bonds. The second kappa shape index (κ2) is 14.0. The van der Waals surface area contributed by atoms with Crippen molar-refractivity contribution in [2.24, 2.45) is 11.7 Å². The Bertz CT molecular complexity index is 582. The molecule has 1 saturated heterocycles. The zero-order chi connectivity index (χ0) is 23.4. The third-order valence-electron chi connectivity index (χ3n) is 5.38. The number of piperidine rings is 1. The average Bonchev–Trinajstić information content (AvgIpc) is 2.70. The molecule has 1 atom stereocenters. The highest BCUT2D eigenvalue weighted by Gasteiger charge is 2.37. The van der Waals surface area contributed by atoms with Crippen molar-refractivity contribution in [2.45, 2.75) is 71.0 Å². The van der Waals surface area contributed by atoms with Crippen LogP contribution in [0.3, 0.4) is 0 Å². The van der Waals surface area contributed by atoms with Crippen LogP contribution in [0.1, 0.15) is 58.8 Å². The van der Waals surface area contributed by atoms with Crippen molar-refractivity contribution >= 4 is 29.4 Å². The zero-order valence-corrected chi connectivity index (χ0v) is 19.4. The first kappa shape index (κ1) is 27.7. The molecule has 6 nitrogen and oxygen atoms in total. The Morgan fingerprint density at radius 3 is 2.29 bits per heavy atom. The van der Waals surface area contributed by atoms with E-state index >= 15 is 0 Å². The molecule has 1 fully saturated rings. The normalized spacial score (nSPS) is 16.3. The fourth-order valence-electron chi connectivity index (χ4n) is 3.52. The molecule has 0 aromatic carbocycles. The van der Waals surface area contributed by atoms with Gasteiger partial charge < -0.3 is 15.5 Å². The lowest BCUT2D eigenvalue weighted by molar-refractivity contribution is -0.167. The van der Waals surface area contributed by atoms with Crippen molar-refractivity contribution in [1.82, 2.24) is 9.80 Å².